The van der Waals surface area contributed by atoms with Crippen molar-refractivity contribution >= 4 is 0 Å². The summed E-state index contributed by atoms with van der Waals surface area (Å²) in [5.74, 6) is 0. The van der Waals surface area contributed by atoms with E-state index < -0.39 is 0 Å². The van der Waals surface area contributed by atoms with Gasteiger partial charge >= 0.3 is 0 Å². The van der Waals surface area contributed by atoms with E-state index in [9.17, 15) is 0 Å². The van der Waals surface area contributed by atoms with Crippen LogP contribution in [0.4, 0.5) is 0 Å². The topological polar surface area (TPSA) is 52.0 Å². The zero-order valence-corrected chi connectivity index (χ0v) is 6.22. The van der Waals surface area contributed by atoms with Gasteiger partial charge in [-0.1, -0.05) is 11.6 Å². The molecule has 0 fully saturated rings. The van der Waals surface area contributed by atoms with E-state index in [2.05, 4.69) is 19.9 Å². The maximum absolute atomic E-state index is 5.55. The van der Waals surface area contributed by atoms with Gasteiger partial charge in [0.2, 0.25) is 0 Å². The molecule has 0 spiro atoms. The maximum Gasteiger partial charge on any atom is 0.0198 e. The van der Waals surface area contributed by atoms with Crippen LogP contribution in [-0.4, -0.2) is 12.6 Å². The van der Waals surface area contributed by atoms with Gasteiger partial charge in [0.1, 0.15) is 0 Å². The lowest BCUT2D eigenvalue weighted by atomic mass is 10.2. The van der Waals surface area contributed by atoms with Gasteiger partial charge in [0.15, 0.2) is 0 Å². The fourth-order valence-electron chi connectivity index (χ4n) is 0.483. The first-order valence-corrected chi connectivity index (χ1v) is 3.26. The lowest BCUT2D eigenvalue weighted by Crippen LogP contribution is -2.28. The Balaban J connectivity index is 3.37. The predicted molar refractivity (Wildman–Crippen MR) is 41.1 cm³/mol. The fourth-order valence-corrected chi connectivity index (χ4v) is 0.483. The lowest BCUT2D eigenvalue weighted by molar-refractivity contribution is 0.691. The van der Waals surface area contributed by atoms with Gasteiger partial charge in [-0.3, -0.25) is 0 Å². The summed E-state index contributed by atoms with van der Waals surface area (Å²) in [4.78, 5) is 0. The third-order valence-corrected chi connectivity index (χ3v) is 1.13. The molecule has 4 N–H and O–H groups in total. The summed E-state index contributed by atoms with van der Waals surface area (Å²) in [5, 5.41) is 0. The van der Waals surface area contributed by atoms with Crippen LogP contribution in [-0.2, 0) is 0 Å². The Morgan fingerprint density at radius 1 is 1.56 bits per heavy atom. The molecule has 0 radical (unpaired) electrons. The first kappa shape index (κ1) is 8.66. The molecular formula is C7H16N2. The van der Waals surface area contributed by atoms with Gasteiger partial charge in [-0.05, 0) is 20.3 Å². The van der Waals surface area contributed by atoms with Crippen molar-refractivity contribution in [3.8, 4) is 0 Å². The average molecular weight is 128 g/mol. The molecule has 54 valence electrons. The first-order chi connectivity index (χ1) is 4.16. The molecule has 0 saturated carbocycles. The molecule has 0 heterocycles. The normalized spacial score (nSPS) is 12.9. The van der Waals surface area contributed by atoms with E-state index in [1.165, 1.54) is 5.57 Å². The van der Waals surface area contributed by atoms with Gasteiger partial charge < -0.3 is 11.5 Å². The van der Waals surface area contributed by atoms with E-state index >= 15 is 0 Å². The van der Waals surface area contributed by atoms with E-state index in [1.54, 1.807) is 0 Å². The summed E-state index contributed by atoms with van der Waals surface area (Å²) in [6.45, 7) is 4.69. The minimum Gasteiger partial charge on any atom is -0.329 e. The summed E-state index contributed by atoms with van der Waals surface area (Å²) < 4.78 is 0. The lowest BCUT2D eigenvalue weighted by Gasteiger charge is -2.03. The highest BCUT2D eigenvalue weighted by molar-refractivity contribution is 4.94. The van der Waals surface area contributed by atoms with Crippen LogP contribution in [0, 0.1) is 0 Å². The quantitative estimate of drug-likeness (QED) is 0.548. The standard InChI is InChI=1S/C7H16N2/c1-6(2)3-4-7(9)5-8/h3,7H,4-5,8-9H2,1-2H3. The van der Waals surface area contributed by atoms with Gasteiger partial charge in [-0.2, -0.15) is 0 Å². The molecule has 0 aliphatic rings. The van der Waals surface area contributed by atoms with Crippen LogP contribution >= 0.6 is 0 Å². The van der Waals surface area contributed by atoms with Crippen LogP contribution in [0.15, 0.2) is 11.6 Å². The van der Waals surface area contributed by atoms with Crippen molar-refractivity contribution in [2.24, 2.45) is 11.5 Å². The van der Waals surface area contributed by atoms with Crippen molar-refractivity contribution in [3.63, 3.8) is 0 Å². The number of rotatable bonds is 3. The molecule has 2 heteroatoms. The Morgan fingerprint density at radius 2 is 2.11 bits per heavy atom. The Bertz CT molecular complexity index is 93.1. The summed E-state index contributed by atoms with van der Waals surface area (Å²) in [7, 11) is 0. The zero-order valence-electron chi connectivity index (χ0n) is 6.22. The van der Waals surface area contributed by atoms with Crippen LogP contribution in [0.2, 0.25) is 0 Å². The van der Waals surface area contributed by atoms with Gasteiger partial charge in [0.05, 0.1) is 0 Å². The van der Waals surface area contributed by atoms with Crippen LogP contribution in [0.3, 0.4) is 0 Å². The fraction of sp³-hybridized carbons (Fsp3) is 0.714. The molecule has 0 aromatic carbocycles. The maximum atomic E-state index is 5.55. The highest BCUT2D eigenvalue weighted by Crippen LogP contribution is 1.94. The Morgan fingerprint density at radius 3 is 2.44 bits per heavy atom. The Hall–Kier alpha value is -0.340. The number of hydrogen-bond donors (Lipinski definition) is 2. The van der Waals surface area contributed by atoms with E-state index in [0.717, 1.165) is 6.42 Å². The Kier molecular flexibility index (Phi) is 4.36. The SMILES string of the molecule is CC(C)=CCC(N)CN. The van der Waals surface area contributed by atoms with Gasteiger partial charge in [-0.25, -0.2) is 0 Å². The van der Waals surface area contributed by atoms with Crippen molar-refractivity contribution < 1.29 is 0 Å². The molecule has 0 rings (SSSR count). The summed E-state index contributed by atoms with van der Waals surface area (Å²) in [5.41, 5.74) is 12.2. The molecule has 1 atom stereocenters. The highest BCUT2D eigenvalue weighted by atomic mass is 14.7. The summed E-state index contributed by atoms with van der Waals surface area (Å²) in [6.07, 6.45) is 3.01. The van der Waals surface area contributed by atoms with E-state index in [-0.39, 0.29) is 6.04 Å². The molecule has 0 aromatic heterocycles. The second-order valence-corrected chi connectivity index (χ2v) is 2.51. The molecular weight excluding hydrogens is 112 g/mol. The van der Waals surface area contributed by atoms with Crippen molar-refractivity contribution in [2.45, 2.75) is 26.3 Å². The molecule has 2 nitrogen and oxygen atoms in total. The second-order valence-electron chi connectivity index (χ2n) is 2.51. The Labute approximate surface area is 56.9 Å². The molecule has 0 aliphatic carbocycles. The van der Waals surface area contributed by atoms with Crippen molar-refractivity contribution in [2.75, 3.05) is 6.54 Å². The summed E-state index contributed by atoms with van der Waals surface area (Å²) in [6, 6.07) is 0.139. The smallest absolute Gasteiger partial charge is 0.0198 e. The predicted octanol–water partition coefficient (Wildman–Crippen LogP) is 0.629. The van der Waals surface area contributed by atoms with Crippen LogP contribution < -0.4 is 11.5 Å². The number of allylic oxidation sites excluding steroid dienone is 1. The van der Waals surface area contributed by atoms with Crippen molar-refractivity contribution in [3.05, 3.63) is 11.6 Å². The minimum absolute atomic E-state index is 0.139. The molecule has 1 unspecified atom stereocenters. The van der Waals surface area contributed by atoms with Gasteiger partial charge in [0, 0.05) is 12.6 Å². The van der Waals surface area contributed by atoms with Crippen molar-refractivity contribution in [1.29, 1.82) is 0 Å². The monoisotopic (exact) mass is 128 g/mol. The van der Waals surface area contributed by atoms with E-state index in [1.807, 2.05) is 0 Å². The molecule has 0 amide bonds. The van der Waals surface area contributed by atoms with Gasteiger partial charge in [-0.15, -0.1) is 0 Å². The molecule has 0 aliphatic heterocycles. The van der Waals surface area contributed by atoms with Crippen LogP contribution in [0.5, 0.6) is 0 Å². The molecule has 0 aromatic rings. The van der Waals surface area contributed by atoms with E-state index in [4.69, 9.17) is 11.5 Å². The number of hydrogen-bond acceptors (Lipinski definition) is 2. The highest BCUT2D eigenvalue weighted by Gasteiger charge is 1.93. The molecule has 0 saturated heterocycles. The summed E-state index contributed by atoms with van der Waals surface area (Å²) >= 11 is 0. The van der Waals surface area contributed by atoms with E-state index in [0.29, 0.717) is 6.54 Å². The van der Waals surface area contributed by atoms with Gasteiger partial charge in [0.25, 0.3) is 0 Å². The second kappa shape index (κ2) is 4.53. The first-order valence-electron chi connectivity index (χ1n) is 3.26. The largest absolute Gasteiger partial charge is 0.329 e. The minimum atomic E-state index is 0.139. The zero-order chi connectivity index (χ0) is 7.28. The average Bonchev–Trinajstić information content (AvgIpc) is 1.83. The third-order valence-electron chi connectivity index (χ3n) is 1.13. The molecule has 9 heavy (non-hydrogen) atoms. The van der Waals surface area contributed by atoms with Crippen LogP contribution in [0.1, 0.15) is 20.3 Å². The molecule has 0 bridgehead atoms. The number of nitrogens with two attached hydrogens (primary N) is 2. The van der Waals surface area contributed by atoms with Crippen LogP contribution in [0.25, 0.3) is 0 Å². The third kappa shape index (κ3) is 5.53. The van der Waals surface area contributed by atoms with Crippen molar-refractivity contribution in [1.82, 2.24) is 0 Å².